The van der Waals surface area contributed by atoms with Crippen LogP contribution in [0.3, 0.4) is 0 Å². The average molecular weight is 475 g/mol. The number of carbonyl (C=O) groups is 1. The number of rotatable bonds is 5. The molecule has 4 rings (SSSR count). The molecular weight excluding hydrogens is 448 g/mol. The van der Waals surface area contributed by atoms with Crippen LogP contribution in [0.1, 0.15) is 44.7 Å². The van der Waals surface area contributed by atoms with Crippen molar-refractivity contribution in [1.29, 1.82) is 0 Å². The number of anilines is 1. The summed E-state index contributed by atoms with van der Waals surface area (Å²) in [6.07, 6.45) is 1.45. The summed E-state index contributed by atoms with van der Waals surface area (Å²) in [7, 11) is 0. The number of nitrogens with zero attached hydrogens (tertiary/aromatic N) is 1. The maximum Gasteiger partial charge on any atom is 0.409 e. The summed E-state index contributed by atoms with van der Waals surface area (Å²) in [6, 6.07) is 13.9. The summed E-state index contributed by atoms with van der Waals surface area (Å²) in [5.41, 5.74) is 2.08. The van der Waals surface area contributed by atoms with E-state index >= 15 is 0 Å². The van der Waals surface area contributed by atoms with Crippen LogP contribution in [0.15, 0.2) is 46.9 Å². The number of hydrogen-bond donors (Lipinski definition) is 1. The normalized spacial score (nSPS) is 20.7. The Balaban J connectivity index is 1.66. The summed E-state index contributed by atoms with van der Waals surface area (Å²) in [5, 5.41) is 3.11. The average Bonchev–Trinajstić information content (AvgIpc) is 2.88. The smallest absolute Gasteiger partial charge is 0.409 e. The minimum Gasteiger partial charge on any atom is -0.455 e. The summed E-state index contributed by atoms with van der Waals surface area (Å²) >= 11 is 3.59. The zero-order valence-electron chi connectivity index (χ0n) is 17.3. The van der Waals surface area contributed by atoms with Crippen molar-refractivity contribution >= 4 is 27.7 Å². The van der Waals surface area contributed by atoms with Gasteiger partial charge in [-0.15, -0.1) is 0 Å². The molecule has 1 saturated heterocycles. The van der Waals surface area contributed by atoms with Crippen LogP contribution in [0.4, 0.5) is 10.5 Å². The molecule has 2 aromatic rings. The fourth-order valence-corrected chi connectivity index (χ4v) is 4.61. The molecule has 1 N–H and O–H groups in total. The number of ether oxygens (including phenoxy) is 3. The number of carbonyl (C=O) groups excluding carboxylic acids is 1. The SMILES string of the molecule is CCOC(CC)OC(=O)N[C@@H]1CCCN2c3cc(Br)ccc3Oc3ccccc3[C@H]12. The minimum atomic E-state index is -0.531. The van der Waals surface area contributed by atoms with E-state index in [0.717, 1.165) is 46.6 Å². The van der Waals surface area contributed by atoms with Crippen LogP contribution >= 0.6 is 15.9 Å². The van der Waals surface area contributed by atoms with E-state index in [0.29, 0.717) is 13.0 Å². The first kappa shape index (κ1) is 21.0. The van der Waals surface area contributed by atoms with Crippen molar-refractivity contribution < 1.29 is 19.0 Å². The first-order chi connectivity index (χ1) is 14.6. The van der Waals surface area contributed by atoms with Gasteiger partial charge < -0.3 is 24.4 Å². The van der Waals surface area contributed by atoms with Crippen molar-refractivity contribution in [2.75, 3.05) is 18.1 Å². The number of hydrogen-bond acceptors (Lipinski definition) is 5. The summed E-state index contributed by atoms with van der Waals surface area (Å²) in [4.78, 5) is 15.0. The van der Waals surface area contributed by atoms with Gasteiger partial charge in [0, 0.05) is 29.6 Å². The Hall–Kier alpha value is -2.25. The third kappa shape index (κ3) is 4.27. The van der Waals surface area contributed by atoms with E-state index in [1.54, 1.807) is 0 Å². The van der Waals surface area contributed by atoms with Gasteiger partial charge in [0.25, 0.3) is 0 Å². The molecule has 0 aliphatic carbocycles. The second-order valence-electron chi connectivity index (χ2n) is 7.48. The molecule has 1 amide bonds. The Morgan fingerprint density at radius 1 is 1.27 bits per heavy atom. The quantitative estimate of drug-likeness (QED) is 0.557. The van der Waals surface area contributed by atoms with Gasteiger partial charge in [-0.1, -0.05) is 41.1 Å². The molecule has 1 unspecified atom stereocenters. The molecular formula is C23H27BrN2O4. The third-order valence-corrected chi connectivity index (χ3v) is 6.04. The van der Waals surface area contributed by atoms with Crippen molar-refractivity contribution in [3.8, 4) is 11.5 Å². The maximum atomic E-state index is 12.7. The molecule has 160 valence electrons. The van der Waals surface area contributed by atoms with E-state index < -0.39 is 12.4 Å². The van der Waals surface area contributed by atoms with Gasteiger partial charge in [-0.2, -0.15) is 0 Å². The molecule has 0 radical (unpaired) electrons. The second kappa shape index (κ2) is 9.27. The molecule has 6 nitrogen and oxygen atoms in total. The molecule has 0 spiro atoms. The Kier molecular flexibility index (Phi) is 6.49. The minimum absolute atomic E-state index is 0.0507. The fourth-order valence-electron chi connectivity index (χ4n) is 4.27. The Morgan fingerprint density at radius 3 is 2.90 bits per heavy atom. The molecule has 0 bridgehead atoms. The van der Waals surface area contributed by atoms with Gasteiger partial charge in [-0.25, -0.2) is 4.79 Å². The predicted molar refractivity (Wildman–Crippen MR) is 119 cm³/mol. The second-order valence-corrected chi connectivity index (χ2v) is 8.40. The van der Waals surface area contributed by atoms with Gasteiger partial charge in [0.05, 0.1) is 17.8 Å². The maximum absolute atomic E-state index is 12.7. The number of para-hydroxylation sites is 1. The highest BCUT2D eigenvalue weighted by Gasteiger charge is 2.39. The van der Waals surface area contributed by atoms with Gasteiger partial charge in [0.2, 0.25) is 6.29 Å². The van der Waals surface area contributed by atoms with Crippen molar-refractivity contribution in [3.63, 3.8) is 0 Å². The zero-order valence-corrected chi connectivity index (χ0v) is 18.9. The molecule has 3 atom stereocenters. The number of halogens is 1. The lowest BCUT2D eigenvalue weighted by atomic mass is 9.89. The first-order valence-corrected chi connectivity index (χ1v) is 11.3. The molecule has 30 heavy (non-hydrogen) atoms. The summed E-state index contributed by atoms with van der Waals surface area (Å²) in [6.45, 7) is 5.21. The largest absolute Gasteiger partial charge is 0.455 e. The summed E-state index contributed by atoms with van der Waals surface area (Å²) < 4.78 is 18.3. The highest BCUT2D eigenvalue weighted by Crippen LogP contribution is 2.48. The van der Waals surface area contributed by atoms with Gasteiger partial charge in [-0.05, 0) is 44.0 Å². The fraction of sp³-hybridized carbons (Fsp3) is 0.435. The Bertz CT molecular complexity index is 907. The lowest BCUT2D eigenvalue weighted by Crippen LogP contribution is -2.50. The van der Waals surface area contributed by atoms with Gasteiger partial charge in [0.15, 0.2) is 5.75 Å². The standard InChI is InChI=1S/C23H27BrN2O4/c1-3-21(28-4-2)30-23(27)25-17-9-7-13-26-18-14-15(24)11-12-20(18)29-19-10-6-5-8-16(19)22(17)26/h5-6,8,10-12,14,17,21-22H,3-4,7,9,13H2,1-2H3,(H,25,27)/t17-,21?,22-/m1/s1. The van der Waals surface area contributed by atoms with Crippen molar-refractivity contribution in [2.24, 2.45) is 0 Å². The third-order valence-electron chi connectivity index (χ3n) is 5.55. The van der Waals surface area contributed by atoms with Gasteiger partial charge in [0.1, 0.15) is 5.75 Å². The van der Waals surface area contributed by atoms with Gasteiger partial charge >= 0.3 is 6.09 Å². The lowest BCUT2D eigenvalue weighted by molar-refractivity contribution is -0.101. The first-order valence-electron chi connectivity index (χ1n) is 10.5. The molecule has 0 aromatic heterocycles. The topological polar surface area (TPSA) is 60.0 Å². The molecule has 7 heteroatoms. The van der Waals surface area contributed by atoms with E-state index in [2.05, 4.69) is 38.3 Å². The molecule has 2 aliphatic heterocycles. The molecule has 1 fully saturated rings. The Morgan fingerprint density at radius 2 is 2.10 bits per heavy atom. The summed E-state index contributed by atoms with van der Waals surface area (Å²) in [5.74, 6) is 1.63. The highest BCUT2D eigenvalue weighted by atomic mass is 79.9. The van der Waals surface area contributed by atoms with Crippen molar-refractivity contribution in [1.82, 2.24) is 5.32 Å². The molecule has 2 aliphatic rings. The lowest BCUT2D eigenvalue weighted by Gasteiger charge is -2.42. The zero-order chi connectivity index (χ0) is 21.1. The predicted octanol–water partition coefficient (Wildman–Crippen LogP) is 5.76. The van der Waals surface area contributed by atoms with E-state index in [4.69, 9.17) is 14.2 Å². The van der Waals surface area contributed by atoms with E-state index in [1.807, 2.05) is 44.2 Å². The molecule has 2 heterocycles. The van der Waals surface area contributed by atoms with Crippen LogP contribution in [-0.4, -0.2) is 31.6 Å². The number of amides is 1. The van der Waals surface area contributed by atoms with Crippen LogP contribution in [0, 0.1) is 0 Å². The van der Waals surface area contributed by atoms with Crippen LogP contribution in [0.2, 0.25) is 0 Å². The molecule has 2 aromatic carbocycles. The van der Waals surface area contributed by atoms with Crippen molar-refractivity contribution in [2.45, 2.75) is 51.5 Å². The Labute approximate surface area is 185 Å². The van der Waals surface area contributed by atoms with E-state index in [1.165, 1.54) is 0 Å². The van der Waals surface area contributed by atoms with Crippen molar-refractivity contribution in [3.05, 3.63) is 52.5 Å². The van der Waals surface area contributed by atoms with Crippen LogP contribution in [0.5, 0.6) is 11.5 Å². The number of nitrogens with one attached hydrogen (secondary N) is 1. The number of piperidine rings is 1. The monoisotopic (exact) mass is 474 g/mol. The van der Waals surface area contributed by atoms with E-state index in [9.17, 15) is 4.79 Å². The number of fused-ring (bicyclic) bond motifs is 5. The molecule has 0 saturated carbocycles. The number of alkyl carbamates (subject to hydrolysis) is 1. The van der Waals surface area contributed by atoms with Crippen LogP contribution in [0.25, 0.3) is 0 Å². The van der Waals surface area contributed by atoms with Crippen LogP contribution < -0.4 is 15.0 Å². The highest BCUT2D eigenvalue weighted by molar-refractivity contribution is 9.10. The van der Waals surface area contributed by atoms with Gasteiger partial charge in [-0.3, -0.25) is 0 Å². The van der Waals surface area contributed by atoms with E-state index in [-0.39, 0.29) is 12.1 Å². The van der Waals surface area contributed by atoms with Crippen LogP contribution in [-0.2, 0) is 9.47 Å². The number of benzene rings is 2.